The first-order valence-electron chi connectivity index (χ1n) is 6.59. The lowest BCUT2D eigenvalue weighted by Crippen LogP contribution is -2.03. The van der Waals surface area contributed by atoms with E-state index in [9.17, 15) is 0 Å². The summed E-state index contributed by atoms with van der Waals surface area (Å²) in [5, 5.41) is 0. The highest BCUT2D eigenvalue weighted by molar-refractivity contribution is 9.10. The van der Waals surface area contributed by atoms with E-state index in [4.69, 9.17) is 10.5 Å². The molecule has 0 aliphatic rings. The van der Waals surface area contributed by atoms with Crippen LogP contribution < -0.4 is 10.5 Å². The van der Waals surface area contributed by atoms with Gasteiger partial charge in [-0.15, -0.1) is 0 Å². The number of ether oxygens (including phenoxy) is 1. The number of halogens is 1. The van der Waals surface area contributed by atoms with Crippen molar-refractivity contribution < 1.29 is 4.74 Å². The van der Waals surface area contributed by atoms with Gasteiger partial charge in [-0.05, 0) is 36.1 Å². The Labute approximate surface area is 127 Å². The van der Waals surface area contributed by atoms with Crippen molar-refractivity contribution in [1.82, 2.24) is 9.97 Å². The zero-order valence-electron chi connectivity index (χ0n) is 11.9. The Morgan fingerprint density at radius 1 is 1.30 bits per heavy atom. The van der Waals surface area contributed by atoms with Gasteiger partial charge in [-0.2, -0.15) is 0 Å². The van der Waals surface area contributed by atoms with Gasteiger partial charge >= 0.3 is 0 Å². The van der Waals surface area contributed by atoms with Crippen LogP contribution in [0.5, 0.6) is 11.6 Å². The van der Waals surface area contributed by atoms with Gasteiger partial charge in [0.2, 0.25) is 5.88 Å². The van der Waals surface area contributed by atoms with Gasteiger partial charge in [0, 0.05) is 4.47 Å². The summed E-state index contributed by atoms with van der Waals surface area (Å²) >= 11 is 3.49. The summed E-state index contributed by atoms with van der Waals surface area (Å²) < 4.78 is 7.01. The number of hydrogen-bond acceptors (Lipinski definition) is 4. The molecule has 0 radical (unpaired) electrons. The van der Waals surface area contributed by atoms with Crippen LogP contribution in [-0.2, 0) is 6.42 Å². The maximum Gasteiger partial charge on any atom is 0.227 e. The molecule has 1 aromatic carbocycles. The molecular formula is C15H18BrN3O. The molecule has 5 heteroatoms. The lowest BCUT2D eigenvalue weighted by Gasteiger charge is -2.15. The SMILES string of the molecule is CCc1c(N)ncnc1Oc1ccc(Br)cc1C(C)C. The topological polar surface area (TPSA) is 61.0 Å². The summed E-state index contributed by atoms with van der Waals surface area (Å²) in [5.74, 6) is 2.16. The Morgan fingerprint density at radius 3 is 2.70 bits per heavy atom. The predicted octanol–water partition coefficient (Wildman–Crippen LogP) is 4.30. The third-order valence-corrected chi connectivity index (χ3v) is 3.59. The molecule has 0 aliphatic heterocycles. The van der Waals surface area contributed by atoms with E-state index in [1.807, 2.05) is 19.1 Å². The summed E-state index contributed by atoms with van der Waals surface area (Å²) in [7, 11) is 0. The maximum atomic E-state index is 5.98. The van der Waals surface area contributed by atoms with Crippen molar-refractivity contribution in [2.75, 3.05) is 5.73 Å². The van der Waals surface area contributed by atoms with E-state index in [1.54, 1.807) is 0 Å². The second kappa shape index (κ2) is 6.22. The Bertz CT molecular complexity index is 614. The van der Waals surface area contributed by atoms with Crippen LogP contribution in [0, 0.1) is 0 Å². The molecule has 0 saturated carbocycles. The summed E-state index contributed by atoms with van der Waals surface area (Å²) in [5.41, 5.74) is 7.83. The molecule has 0 amide bonds. The summed E-state index contributed by atoms with van der Waals surface area (Å²) in [6.07, 6.45) is 2.16. The van der Waals surface area contributed by atoms with Gasteiger partial charge in [-0.3, -0.25) is 0 Å². The molecular weight excluding hydrogens is 318 g/mol. The first-order chi connectivity index (χ1) is 9.52. The van der Waals surface area contributed by atoms with Crippen LogP contribution in [0.2, 0.25) is 0 Å². The van der Waals surface area contributed by atoms with E-state index >= 15 is 0 Å². The lowest BCUT2D eigenvalue weighted by atomic mass is 10.0. The Kier molecular flexibility index (Phi) is 4.60. The van der Waals surface area contributed by atoms with Gasteiger partial charge in [0.15, 0.2) is 0 Å². The molecule has 106 valence electrons. The highest BCUT2D eigenvalue weighted by atomic mass is 79.9. The number of rotatable bonds is 4. The van der Waals surface area contributed by atoms with Crippen molar-refractivity contribution in [2.24, 2.45) is 0 Å². The average Bonchev–Trinajstić information content (AvgIpc) is 2.41. The van der Waals surface area contributed by atoms with Gasteiger partial charge in [0.25, 0.3) is 0 Å². The quantitative estimate of drug-likeness (QED) is 0.904. The van der Waals surface area contributed by atoms with Crippen LogP contribution in [0.4, 0.5) is 5.82 Å². The first-order valence-corrected chi connectivity index (χ1v) is 7.38. The van der Waals surface area contributed by atoms with Crippen molar-refractivity contribution in [3.63, 3.8) is 0 Å². The van der Waals surface area contributed by atoms with Crippen LogP contribution >= 0.6 is 15.9 Å². The minimum absolute atomic E-state index is 0.353. The molecule has 4 nitrogen and oxygen atoms in total. The normalized spacial score (nSPS) is 10.8. The molecule has 2 rings (SSSR count). The molecule has 1 aromatic heterocycles. The number of nitrogens with zero attached hydrogens (tertiary/aromatic N) is 2. The minimum atomic E-state index is 0.353. The fraction of sp³-hybridized carbons (Fsp3) is 0.333. The van der Waals surface area contributed by atoms with Crippen molar-refractivity contribution >= 4 is 21.7 Å². The number of hydrogen-bond donors (Lipinski definition) is 1. The highest BCUT2D eigenvalue weighted by Gasteiger charge is 2.14. The standard InChI is InChI=1S/C15H18BrN3O/c1-4-11-14(17)18-8-19-15(11)20-13-6-5-10(16)7-12(13)9(2)3/h5-9H,4H2,1-3H3,(H2,17,18,19). The molecule has 2 N–H and O–H groups in total. The predicted molar refractivity (Wildman–Crippen MR) is 84.1 cm³/mol. The second-order valence-electron chi connectivity index (χ2n) is 4.84. The third-order valence-electron chi connectivity index (χ3n) is 3.09. The Morgan fingerprint density at radius 2 is 2.05 bits per heavy atom. The second-order valence-corrected chi connectivity index (χ2v) is 5.75. The molecule has 0 bridgehead atoms. The Balaban J connectivity index is 2.42. The van der Waals surface area contributed by atoms with Crippen LogP contribution in [0.1, 0.15) is 37.8 Å². The monoisotopic (exact) mass is 335 g/mol. The minimum Gasteiger partial charge on any atom is -0.438 e. The van der Waals surface area contributed by atoms with Gasteiger partial charge in [-0.25, -0.2) is 9.97 Å². The summed E-state index contributed by atoms with van der Waals surface area (Å²) in [4.78, 5) is 8.21. The molecule has 0 atom stereocenters. The first kappa shape index (κ1) is 14.8. The van der Waals surface area contributed by atoms with Crippen molar-refractivity contribution in [2.45, 2.75) is 33.1 Å². The van der Waals surface area contributed by atoms with Crippen LogP contribution in [0.3, 0.4) is 0 Å². The summed E-state index contributed by atoms with van der Waals surface area (Å²) in [6.45, 7) is 6.26. The zero-order valence-corrected chi connectivity index (χ0v) is 13.4. The number of nitrogens with two attached hydrogens (primary N) is 1. The molecule has 0 unspecified atom stereocenters. The van der Waals surface area contributed by atoms with E-state index in [0.717, 1.165) is 27.8 Å². The zero-order chi connectivity index (χ0) is 14.7. The molecule has 0 fully saturated rings. The van der Waals surface area contributed by atoms with E-state index in [2.05, 4.69) is 45.8 Å². The summed E-state index contributed by atoms with van der Waals surface area (Å²) in [6, 6.07) is 5.96. The molecule has 2 aromatic rings. The van der Waals surface area contributed by atoms with Gasteiger partial charge in [0.1, 0.15) is 17.9 Å². The smallest absolute Gasteiger partial charge is 0.227 e. The molecule has 1 heterocycles. The molecule has 0 spiro atoms. The van der Waals surface area contributed by atoms with Crippen molar-refractivity contribution in [3.05, 3.63) is 40.1 Å². The van der Waals surface area contributed by atoms with Crippen molar-refractivity contribution in [1.29, 1.82) is 0 Å². The lowest BCUT2D eigenvalue weighted by molar-refractivity contribution is 0.447. The van der Waals surface area contributed by atoms with Crippen LogP contribution in [0.15, 0.2) is 29.0 Å². The Hall–Kier alpha value is -1.62. The highest BCUT2D eigenvalue weighted by Crippen LogP contribution is 2.34. The fourth-order valence-electron chi connectivity index (χ4n) is 2.00. The molecule has 20 heavy (non-hydrogen) atoms. The van der Waals surface area contributed by atoms with Gasteiger partial charge < -0.3 is 10.5 Å². The number of anilines is 1. The fourth-order valence-corrected chi connectivity index (χ4v) is 2.38. The average molecular weight is 336 g/mol. The van der Waals surface area contributed by atoms with Crippen LogP contribution in [0.25, 0.3) is 0 Å². The number of aromatic nitrogens is 2. The van der Waals surface area contributed by atoms with E-state index < -0.39 is 0 Å². The van der Waals surface area contributed by atoms with Crippen LogP contribution in [-0.4, -0.2) is 9.97 Å². The maximum absolute atomic E-state index is 5.98. The number of benzene rings is 1. The largest absolute Gasteiger partial charge is 0.438 e. The van der Waals surface area contributed by atoms with Gasteiger partial charge in [0.05, 0.1) is 5.56 Å². The third kappa shape index (κ3) is 3.10. The van der Waals surface area contributed by atoms with Gasteiger partial charge in [-0.1, -0.05) is 36.7 Å². The molecule has 0 saturated heterocycles. The van der Waals surface area contributed by atoms with E-state index in [0.29, 0.717) is 17.6 Å². The van der Waals surface area contributed by atoms with Crippen molar-refractivity contribution in [3.8, 4) is 11.6 Å². The van der Waals surface area contributed by atoms with E-state index in [-0.39, 0.29) is 0 Å². The number of nitrogen functional groups attached to an aromatic ring is 1. The van der Waals surface area contributed by atoms with E-state index in [1.165, 1.54) is 6.33 Å². The molecule has 0 aliphatic carbocycles.